The van der Waals surface area contributed by atoms with E-state index in [1.165, 1.54) is 11.1 Å². The molecule has 0 aliphatic heterocycles. The predicted molar refractivity (Wildman–Crippen MR) is 66.0 cm³/mol. The van der Waals surface area contributed by atoms with Crippen molar-refractivity contribution in [1.82, 2.24) is 14.8 Å². The normalized spacial score (nSPS) is 11.1. The van der Waals surface area contributed by atoms with Crippen LogP contribution in [0.2, 0.25) is 0 Å². The average molecular weight is 234 g/mol. The number of rotatable bonds is 3. The first-order chi connectivity index (χ1) is 7.83. The molecular formula is C12H12ClN3. The second-order valence-corrected chi connectivity index (χ2v) is 3.63. The minimum Gasteiger partial charge on any atom is -0.227 e. The van der Waals surface area contributed by atoms with Gasteiger partial charge in [-0.25, -0.2) is 9.67 Å². The van der Waals surface area contributed by atoms with E-state index in [1.807, 2.05) is 12.1 Å². The molecule has 16 heavy (non-hydrogen) atoms. The van der Waals surface area contributed by atoms with Crippen molar-refractivity contribution in [3.8, 4) is 11.4 Å². The Balaban J connectivity index is 2.34. The summed E-state index contributed by atoms with van der Waals surface area (Å²) in [5.41, 5.74) is 3.71. The van der Waals surface area contributed by atoms with Crippen LogP contribution in [0.4, 0.5) is 0 Å². The highest BCUT2D eigenvalue weighted by molar-refractivity contribution is 6.26. The topological polar surface area (TPSA) is 30.7 Å². The molecule has 0 bridgehead atoms. The van der Waals surface area contributed by atoms with Crippen LogP contribution in [0.5, 0.6) is 0 Å². The average Bonchev–Trinajstić information content (AvgIpc) is 2.78. The van der Waals surface area contributed by atoms with Crippen LogP contribution in [0.3, 0.4) is 0 Å². The Morgan fingerprint density at radius 3 is 3.06 bits per heavy atom. The molecule has 82 valence electrons. The lowest BCUT2D eigenvalue weighted by Crippen LogP contribution is -1.88. The molecule has 0 saturated heterocycles. The molecule has 0 aliphatic carbocycles. The second-order valence-electron chi connectivity index (χ2n) is 3.38. The first-order valence-electron chi connectivity index (χ1n) is 5.11. The van der Waals surface area contributed by atoms with Gasteiger partial charge in [-0.05, 0) is 18.1 Å². The van der Waals surface area contributed by atoms with Crippen molar-refractivity contribution in [2.45, 2.75) is 13.3 Å². The van der Waals surface area contributed by atoms with Gasteiger partial charge < -0.3 is 0 Å². The van der Waals surface area contributed by atoms with Gasteiger partial charge >= 0.3 is 0 Å². The van der Waals surface area contributed by atoms with E-state index in [0.717, 1.165) is 12.0 Å². The fourth-order valence-electron chi connectivity index (χ4n) is 1.47. The number of benzene rings is 1. The molecule has 0 amide bonds. The molecule has 0 spiro atoms. The third-order valence-electron chi connectivity index (χ3n) is 2.31. The van der Waals surface area contributed by atoms with E-state index in [4.69, 9.17) is 11.6 Å². The van der Waals surface area contributed by atoms with Gasteiger partial charge in [0.05, 0.1) is 0 Å². The summed E-state index contributed by atoms with van der Waals surface area (Å²) in [5.74, 6) is 0.713. The Bertz CT molecular complexity index is 502. The summed E-state index contributed by atoms with van der Waals surface area (Å²) >= 11 is 5.47. The minimum atomic E-state index is 0.713. The van der Waals surface area contributed by atoms with E-state index in [9.17, 15) is 0 Å². The van der Waals surface area contributed by atoms with Gasteiger partial charge in [-0.1, -0.05) is 36.7 Å². The van der Waals surface area contributed by atoms with Gasteiger partial charge in [0.25, 0.3) is 0 Å². The zero-order valence-electron chi connectivity index (χ0n) is 8.97. The number of halogens is 1. The molecule has 0 saturated carbocycles. The maximum absolute atomic E-state index is 5.47. The molecule has 2 aromatic rings. The smallest absolute Gasteiger partial charge is 0.181 e. The highest BCUT2D eigenvalue weighted by Crippen LogP contribution is 2.16. The van der Waals surface area contributed by atoms with Crippen molar-refractivity contribution in [1.29, 1.82) is 0 Å². The summed E-state index contributed by atoms with van der Waals surface area (Å²) in [6, 6.07) is 8.22. The summed E-state index contributed by atoms with van der Waals surface area (Å²) < 4.78 is 1.58. The van der Waals surface area contributed by atoms with Gasteiger partial charge in [-0.2, -0.15) is 0 Å². The second kappa shape index (κ2) is 4.94. The molecule has 0 fully saturated rings. The lowest BCUT2D eigenvalue weighted by molar-refractivity contribution is 0.938. The fourth-order valence-corrected chi connectivity index (χ4v) is 1.58. The van der Waals surface area contributed by atoms with Crippen molar-refractivity contribution >= 4 is 17.8 Å². The van der Waals surface area contributed by atoms with Gasteiger partial charge in [-0.15, -0.1) is 5.10 Å². The highest BCUT2D eigenvalue weighted by Gasteiger charge is 2.03. The Labute approximate surface area is 99.4 Å². The first-order valence-corrected chi connectivity index (χ1v) is 5.54. The van der Waals surface area contributed by atoms with Crippen molar-refractivity contribution in [3.63, 3.8) is 0 Å². The van der Waals surface area contributed by atoms with Crippen LogP contribution in [-0.4, -0.2) is 14.8 Å². The maximum Gasteiger partial charge on any atom is 0.181 e. The molecule has 0 aliphatic rings. The lowest BCUT2D eigenvalue weighted by Gasteiger charge is -1.98. The summed E-state index contributed by atoms with van der Waals surface area (Å²) in [6.07, 6.45) is 4.28. The van der Waals surface area contributed by atoms with E-state index < -0.39 is 0 Å². The molecule has 2 rings (SSSR count). The van der Waals surface area contributed by atoms with E-state index in [-0.39, 0.29) is 0 Å². The summed E-state index contributed by atoms with van der Waals surface area (Å²) in [6.45, 7) is 2.13. The fraction of sp³-hybridized carbons (Fsp3) is 0.167. The van der Waals surface area contributed by atoms with Crippen molar-refractivity contribution < 1.29 is 0 Å². The molecule has 0 unspecified atom stereocenters. The minimum absolute atomic E-state index is 0.713. The SMILES string of the molecule is CCc1cccc(-c2ncn(C=CCl)n2)c1. The van der Waals surface area contributed by atoms with Gasteiger partial charge in [-0.3, -0.25) is 0 Å². The number of aromatic nitrogens is 3. The van der Waals surface area contributed by atoms with Crippen molar-refractivity contribution in [2.75, 3.05) is 0 Å². The van der Waals surface area contributed by atoms with Gasteiger partial charge in [0.1, 0.15) is 6.33 Å². The number of hydrogen-bond donors (Lipinski definition) is 0. The monoisotopic (exact) mass is 233 g/mol. The van der Waals surface area contributed by atoms with Crippen molar-refractivity contribution in [3.05, 3.63) is 41.7 Å². The van der Waals surface area contributed by atoms with E-state index in [0.29, 0.717) is 5.82 Å². The lowest BCUT2D eigenvalue weighted by atomic mass is 10.1. The molecule has 0 atom stereocenters. The number of hydrogen-bond acceptors (Lipinski definition) is 2. The largest absolute Gasteiger partial charge is 0.227 e. The standard InChI is InChI=1S/C12H12ClN3/c1-2-10-4-3-5-11(8-10)12-14-9-16(15-12)7-6-13/h3-9H,2H2,1H3. The number of aryl methyl sites for hydroxylation is 1. The predicted octanol–water partition coefficient (Wildman–Crippen LogP) is 3.17. The molecule has 0 radical (unpaired) electrons. The third kappa shape index (κ3) is 2.31. The van der Waals surface area contributed by atoms with Gasteiger partial charge in [0, 0.05) is 17.3 Å². The summed E-state index contributed by atoms with van der Waals surface area (Å²) in [4.78, 5) is 4.22. The molecule has 4 heteroatoms. The van der Waals surface area contributed by atoms with Crippen LogP contribution in [0.1, 0.15) is 12.5 Å². The van der Waals surface area contributed by atoms with Gasteiger partial charge in [0.15, 0.2) is 5.82 Å². The zero-order valence-corrected chi connectivity index (χ0v) is 9.72. The van der Waals surface area contributed by atoms with Crippen LogP contribution in [0.25, 0.3) is 17.6 Å². The van der Waals surface area contributed by atoms with Crippen LogP contribution in [0.15, 0.2) is 36.1 Å². The Morgan fingerprint density at radius 1 is 1.44 bits per heavy atom. The Morgan fingerprint density at radius 2 is 2.31 bits per heavy atom. The third-order valence-corrected chi connectivity index (χ3v) is 2.42. The molecule has 1 aromatic heterocycles. The molecule has 1 aromatic carbocycles. The zero-order chi connectivity index (χ0) is 11.4. The van der Waals surface area contributed by atoms with E-state index in [1.54, 1.807) is 17.2 Å². The molecule has 0 N–H and O–H groups in total. The van der Waals surface area contributed by atoms with Crippen LogP contribution in [0, 0.1) is 0 Å². The molecule has 3 nitrogen and oxygen atoms in total. The quantitative estimate of drug-likeness (QED) is 0.815. The summed E-state index contributed by atoms with van der Waals surface area (Å²) in [5, 5.41) is 4.28. The van der Waals surface area contributed by atoms with Crippen LogP contribution < -0.4 is 0 Å². The molecule has 1 heterocycles. The van der Waals surface area contributed by atoms with E-state index >= 15 is 0 Å². The maximum atomic E-state index is 5.47. The summed E-state index contributed by atoms with van der Waals surface area (Å²) in [7, 11) is 0. The first kappa shape index (κ1) is 10.9. The van der Waals surface area contributed by atoms with Crippen molar-refractivity contribution in [2.24, 2.45) is 0 Å². The van der Waals surface area contributed by atoms with Crippen LogP contribution >= 0.6 is 11.6 Å². The van der Waals surface area contributed by atoms with Crippen LogP contribution in [-0.2, 0) is 6.42 Å². The molecular weight excluding hydrogens is 222 g/mol. The highest BCUT2D eigenvalue weighted by atomic mass is 35.5. The number of nitrogens with zero attached hydrogens (tertiary/aromatic N) is 3. The Hall–Kier alpha value is -1.61. The van der Waals surface area contributed by atoms with E-state index in [2.05, 4.69) is 29.1 Å². The van der Waals surface area contributed by atoms with Gasteiger partial charge in [0.2, 0.25) is 0 Å². The Kier molecular flexibility index (Phi) is 3.37.